The van der Waals surface area contributed by atoms with Crippen molar-refractivity contribution < 1.29 is 34.7 Å². The quantitative estimate of drug-likeness (QED) is 0.641. The lowest BCUT2D eigenvalue weighted by atomic mass is 9.99. The van der Waals surface area contributed by atoms with Crippen molar-refractivity contribution in [2.45, 2.75) is 30.7 Å². The molecule has 0 radical (unpaired) electrons. The maximum Gasteiger partial charge on any atom is 0.335 e. The van der Waals surface area contributed by atoms with Gasteiger partial charge in [-0.25, -0.2) is 4.79 Å². The van der Waals surface area contributed by atoms with E-state index in [1.807, 2.05) is 36.4 Å². The van der Waals surface area contributed by atoms with Crippen LogP contribution in [0.2, 0.25) is 0 Å². The predicted octanol–water partition coefficient (Wildman–Crippen LogP) is 0.625. The van der Waals surface area contributed by atoms with Gasteiger partial charge in [0.15, 0.2) is 6.10 Å². The van der Waals surface area contributed by atoms with Crippen molar-refractivity contribution in [2.75, 3.05) is 0 Å². The fourth-order valence-electron chi connectivity index (χ4n) is 2.70. The summed E-state index contributed by atoms with van der Waals surface area (Å²) in [6, 6.07) is 16.3. The second kappa shape index (κ2) is 7.20. The van der Waals surface area contributed by atoms with E-state index in [2.05, 4.69) is 0 Å². The first-order valence-corrected chi connectivity index (χ1v) is 7.72. The summed E-state index contributed by atoms with van der Waals surface area (Å²) in [6.07, 6.45) is -8.20. The van der Waals surface area contributed by atoms with Crippen LogP contribution in [0.4, 0.5) is 0 Å². The van der Waals surface area contributed by atoms with E-state index in [9.17, 15) is 20.1 Å². The molecule has 0 aromatic heterocycles. The van der Waals surface area contributed by atoms with Gasteiger partial charge in [-0.2, -0.15) is 0 Å². The van der Waals surface area contributed by atoms with Crippen LogP contribution in [0.3, 0.4) is 0 Å². The van der Waals surface area contributed by atoms with Gasteiger partial charge in [0, 0.05) is 5.56 Å². The standard InChI is InChI=1S/C18H18O7/c19-13-14(20)16(17(22)23)25-18(15(13)21)24-12-9-5-4-8-11(12)10-6-2-1-3-7-10/h1-9,13-16,18-21H,(H,22,23)/t13-,14-,15+,16-,18+/m0/s1. The van der Waals surface area contributed by atoms with E-state index in [1.165, 1.54) is 0 Å². The fourth-order valence-corrected chi connectivity index (χ4v) is 2.70. The summed E-state index contributed by atoms with van der Waals surface area (Å²) < 4.78 is 10.8. The molecule has 3 rings (SSSR count). The highest BCUT2D eigenvalue weighted by Crippen LogP contribution is 2.32. The molecule has 2 aromatic carbocycles. The summed E-state index contributed by atoms with van der Waals surface area (Å²) in [6.45, 7) is 0. The van der Waals surface area contributed by atoms with Crippen LogP contribution < -0.4 is 4.74 Å². The lowest BCUT2D eigenvalue weighted by Gasteiger charge is -2.38. The van der Waals surface area contributed by atoms with Crippen LogP contribution >= 0.6 is 0 Å². The first kappa shape index (κ1) is 17.4. The Kier molecular flexibility index (Phi) is 5.00. The highest BCUT2D eigenvalue weighted by atomic mass is 16.7. The van der Waals surface area contributed by atoms with E-state index < -0.39 is 36.7 Å². The third kappa shape index (κ3) is 3.49. The summed E-state index contributed by atoms with van der Waals surface area (Å²) in [5, 5.41) is 38.8. The topological polar surface area (TPSA) is 116 Å². The maximum absolute atomic E-state index is 11.2. The van der Waals surface area contributed by atoms with Gasteiger partial charge in [0.05, 0.1) is 0 Å². The minimum absolute atomic E-state index is 0.352. The molecule has 0 aliphatic carbocycles. The second-order valence-corrected chi connectivity index (χ2v) is 5.72. The highest BCUT2D eigenvalue weighted by molar-refractivity contribution is 5.73. The zero-order valence-electron chi connectivity index (χ0n) is 13.1. The van der Waals surface area contributed by atoms with Gasteiger partial charge < -0.3 is 29.9 Å². The molecule has 0 amide bonds. The molecule has 0 unspecified atom stereocenters. The molecule has 1 heterocycles. The predicted molar refractivity (Wildman–Crippen MR) is 86.8 cm³/mol. The zero-order valence-corrected chi connectivity index (χ0v) is 13.1. The molecule has 1 fully saturated rings. The molecule has 132 valence electrons. The van der Waals surface area contributed by atoms with Crippen molar-refractivity contribution >= 4 is 5.97 Å². The van der Waals surface area contributed by atoms with Crippen LogP contribution in [0.5, 0.6) is 5.75 Å². The first-order valence-electron chi connectivity index (χ1n) is 7.72. The summed E-state index contributed by atoms with van der Waals surface area (Å²) in [5.74, 6) is -1.10. The van der Waals surface area contributed by atoms with Gasteiger partial charge in [0.1, 0.15) is 24.1 Å². The Morgan fingerprint density at radius 2 is 1.52 bits per heavy atom. The van der Waals surface area contributed by atoms with Gasteiger partial charge in [-0.15, -0.1) is 0 Å². The molecule has 0 bridgehead atoms. The Bertz CT molecular complexity index is 733. The summed E-state index contributed by atoms with van der Waals surface area (Å²) >= 11 is 0. The Hall–Kier alpha value is -2.45. The minimum atomic E-state index is -1.75. The van der Waals surface area contributed by atoms with E-state index in [4.69, 9.17) is 14.6 Å². The van der Waals surface area contributed by atoms with Gasteiger partial charge in [0.25, 0.3) is 0 Å². The molecule has 25 heavy (non-hydrogen) atoms. The lowest BCUT2D eigenvalue weighted by molar-refractivity contribution is -0.271. The molecule has 5 atom stereocenters. The van der Waals surface area contributed by atoms with E-state index in [0.29, 0.717) is 11.3 Å². The number of aliphatic hydroxyl groups is 3. The molecule has 7 nitrogen and oxygen atoms in total. The molecule has 7 heteroatoms. The van der Waals surface area contributed by atoms with Gasteiger partial charge in [-0.3, -0.25) is 0 Å². The average molecular weight is 346 g/mol. The highest BCUT2D eigenvalue weighted by Gasteiger charge is 2.48. The number of benzene rings is 2. The van der Waals surface area contributed by atoms with Gasteiger partial charge in [0.2, 0.25) is 6.29 Å². The van der Waals surface area contributed by atoms with Crippen molar-refractivity contribution in [3.05, 3.63) is 54.6 Å². The molecular formula is C18H18O7. The van der Waals surface area contributed by atoms with Gasteiger partial charge in [-0.1, -0.05) is 48.5 Å². The smallest absolute Gasteiger partial charge is 0.335 e. The van der Waals surface area contributed by atoms with Crippen LogP contribution in [-0.2, 0) is 9.53 Å². The van der Waals surface area contributed by atoms with E-state index in [1.54, 1.807) is 18.2 Å². The number of ether oxygens (including phenoxy) is 2. The summed E-state index contributed by atoms with van der Waals surface area (Å²) in [4.78, 5) is 11.2. The largest absolute Gasteiger partial charge is 0.479 e. The number of hydrogen-bond donors (Lipinski definition) is 4. The number of carboxylic acids is 1. The number of carbonyl (C=O) groups is 1. The number of hydrogen-bond acceptors (Lipinski definition) is 6. The molecule has 1 aliphatic rings. The van der Waals surface area contributed by atoms with Gasteiger partial charge in [-0.05, 0) is 11.6 Å². The summed E-state index contributed by atoms with van der Waals surface area (Å²) in [7, 11) is 0. The Morgan fingerprint density at radius 3 is 2.20 bits per heavy atom. The maximum atomic E-state index is 11.2. The van der Waals surface area contributed by atoms with Crippen molar-refractivity contribution in [3.8, 4) is 16.9 Å². The van der Waals surface area contributed by atoms with Crippen LogP contribution in [0.25, 0.3) is 11.1 Å². The fraction of sp³-hybridized carbons (Fsp3) is 0.278. The zero-order chi connectivity index (χ0) is 18.0. The van der Waals surface area contributed by atoms with Crippen LogP contribution in [0.15, 0.2) is 54.6 Å². The van der Waals surface area contributed by atoms with Crippen molar-refractivity contribution in [3.63, 3.8) is 0 Å². The molecule has 0 saturated carbocycles. The Labute approximate surface area is 143 Å². The monoisotopic (exact) mass is 346 g/mol. The lowest BCUT2D eigenvalue weighted by Crippen LogP contribution is -2.61. The number of aliphatic carboxylic acids is 1. The number of rotatable bonds is 4. The minimum Gasteiger partial charge on any atom is -0.479 e. The number of aliphatic hydroxyl groups excluding tert-OH is 3. The Morgan fingerprint density at radius 1 is 0.880 bits per heavy atom. The molecule has 2 aromatic rings. The molecule has 1 saturated heterocycles. The molecule has 0 spiro atoms. The summed E-state index contributed by atoms with van der Waals surface area (Å²) in [5.41, 5.74) is 1.57. The molecule has 4 N–H and O–H groups in total. The molecular weight excluding hydrogens is 328 g/mol. The van der Waals surface area contributed by atoms with E-state index in [0.717, 1.165) is 5.56 Å². The van der Waals surface area contributed by atoms with Crippen molar-refractivity contribution in [2.24, 2.45) is 0 Å². The Balaban J connectivity index is 1.88. The van der Waals surface area contributed by atoms with E-state index >= 15 is 0 Å². The average Bonchev–Trinajstić information content (AvgIpc) is 2.63. The van der Waals surface area contributed by atoms with Crippen LogP contribution in [-0.4, -0.2) is 57.1 Å². The van der Waals surface area contributed by atoms with Gasteiger partial charge >= 0.3 is 5.97 Å². The SMILES string of the molecule is O=C(O)[C@H]1O[C@@H](Oc2ccccc2-c2ccccc2)[C@H](O)[C@@H](O)[C@@H]1O. The van der Waals surface area contributed by atoms with Crippen molar-refractivity contribution in [1.29, 1.82) is 0 Å². The number of para-hydroxylation sites is 1. The number of carboxylic acid groups (broad SMARTS) is 1. The third-order valence-corrected chi connectivity index (χ3v) is 4.03. The van der Waals surface area contributed by atoms with Crippen LogP contribution in [0, 0.1) is 0 Å². The first-order chi connectivity index (χ1) is 12.0. The normalized spacial score (nSPS) is 29.2. The second-order valence-electron chi connectivity index (χ2n) is 5.72. The van der Waals surface area contributed by atoms with Crippen molar-refractivity contribution in [1.82, 2.24) is 0 Å². The van der Waals surface area contributed by atoms with Crippen LogP contribution in [0.1, 0.15) is 0 Å². The molecule has 1 aliphatic heterocycles. The third-order valence-electron chi connectivity index (χ3n) is 4.03. The van der Waals surface area contributed by atoms with E-state index in [-0.39, 0.29) is 0 Å².